The highest BCUT2D eigenvalue weighted by Crippen LogP contribution is 2.28. The third-order valence-corrected chi connectivity index (χ3v) is 7.23. The fourth-order valence-electron chi connectivity index (χ4n) is 3.65. The number of nitro benzene ring substituents is 1. The Bertz CT molecular complexity index is 1170. The van der Waals surface area contributed by atoms with E-state index in [4.69, 9.17) is 4.74 Å². The summed E-state index contributed by atoms with van der Waals surface area (Å²) in [7, 11) is -3.72. The molecule has 3 rings (SSSR count). The first kappa shape index (κ1) is 25.1. The first-order chi connectivity index (χ1) is 16.1. The summed E-state index contributed by atoms with van der Waals surface area (Å²) < 4.78 is 32.5. The van der Waals surface area contributed by atoms with Crippen molar-refractivity contribution in [3.8, 4) is 5.75 Å². The molecule has 0 bridgehead atoms. The van der Waals surface area contributed by atoms with Gasteiger partial charge in [-0.1, -0.05) is 0 Å². The van der Waals surface area contributed by atoms with E-state index in [2.05, 4.69) is 10.6 Å². The minimum absolute atomic E-state index is 0.0904. The molecule has 0 atom stereocenters. The van der Waals surface area contributed by atoms with Crippen molar-refractivity contribution in [2.24, 2.45) is 0 Å². The molecule has 0 unspecified atom stereocenters. The van der Waals surface area contributed by atoms with Gasteiger partial charge in [0.25, 0.3) is 5.91 Å². The fourth-order valence-corrected chi connectivity index (χ4v) is 5.12. The molecule has 1 fully saturated rings. The average molecular weight is 491 g/mol. The van der Waals surface area contributed by atoms with Gasteiger partial charge in [-0.15, -0.1) is 0 Å². The predicted molar refractivity (Wildman–Crippen MR) is 124 cm³/mol. The fraction of sp³-hybridized carbons (Fsp3) is 0.364. The van der Waals surface area contributed by atoms with E-state index in [-0.39, 0.29) is 53.5 Å². The molecule has 34 heavy (non-hydrogen) atoms. The van der Waals surface area contributed by atoms with Crippen molar-refractivity contribution >= 4 is 33.2 Å². The molecule has 0 radical (unpaired) electrons. The van der Waals surface area contributed by atoms with Gasteiger partial charge in [-0.3, -0.25) is 19.7 Å². The molecule has 1 saturated heterocycles. The van der Waals surface area contributed by atoms with Gasteiger partial charge in [0.1, 0.15) is 0 Å². The predicted octanol–water partition coefficient (Wildman–Crippen LogP) is 2.54. The molecule has 0 spiro atoms. The molecule has 11 nitrogen and oxygen atoms in total. The monoisotopic (exact) mass is 490 g/mol. The number of hydrogen-bond donors (Lipinski definition) is 2. The van der Waals surface area contributed by atoms with E-state index < -0.39 is 20.9 Å². The van der Waals surface area contributed by atoms with Crippen LogP contribution in [0.2, 0.25) is 0 Å². The summed E-state index contributed by atoms with van der Waals surface area (Å²) >= 11 is 0. The van der Waals surface area contributed by atoms with Crippen LogP contribution in [0.25, 0.3) is 0 Å². The first-order valence-electron chi connectivity index (χ1n) is 10.7. The van der Waals surface area contributed by atoms with Gasteiger partial charge < -0.3 is 15.4 Å². The summed E-state index contributed by atoms with van der Waals surface area (Å²) in [5.74, 6) is -0.631. The van der Waals surface area contributed by atoms with Gasteiger partial charge in [-0.25, -0.2) is 8.42 Å². The Hall–Kier alpha value is -3.51. The average Bonchev–Trinajstić information content (AvgIpc) is 2.79. The molecule has 0 aliphatic carbocycles. The van der Waals surface area contributed by atoms with E-state index in [1.54, 1.807) is 6.92 Å². The largest absolute Gasteiger partial charge is 0.487 e. The number of rotatable bonds is 8. The Morgan fingerprint density at radius 1 is 1.15 bits per heavy atom. The zero-order valence-corrected chi connectivity index (χ0v) is 19.6. The zero-order valence-electron chi connectivity index (χ0n) is 18.8. The lowest BCUT2D eigenvalue weighted by Crippen LogP contribution is -2.46. The second kappa shape index (κ2) is 10.6. The van der Waals surface area contributed by atoms with Gasteiger partial charge in [0.05, 0.1) is 16.4 Å². The number of nitro groups is 1. The summed E-state index contributed by atoms with van der Waals surface area (Å²) in [5, 5.41) is 16.7. The van der Waals surface area contributed by atoms with Gasteiger partial charge in [0, 0.05) is 43.4 Å². The third kappa shape index (κ3) is 5.88. The summed E-state index contributed by atoms with van der Waals surface area (Å²) in [6.45, 7) is 3.75. The zero-order chi connectivity index (χ0) is 24.9. The minimum Gasteiger partial charge on any atom is -0.487 e. The van der Waals surface area contributed by atoms with Crippen molar-refractivity contribution in [3.05, 3.63) is 58.1 Å². The third-order valence-electron chi connectivity index (χ3n) is 5.32. The number of carbonyl (C=O) groups excluding carboxylic acids is 2. The van der Waals surface area contributed by atoms with E-state index in [0.29, 0.717) is 18.5 Å². The Balaban J connectivity index is 1.61. The first-order valence-corrected chi connectivity index (χ1v) is 12.2. The van der Waals surface area contributed by atoms with Crippen molar-refractivity contribution in [2.45, 2.75) is 37.6 Å². The van der Waals surface area contributed by atoms with Crippen LogP contribution >= 0.6 is 0 Å². The number of amides is 2. The molecule has 12 heteroatoms. The van der Waals surface area contributed by atoms with Crippen molar-refractivity contribution in [1.82, 2.24) is 9.62 Å². The Kier molecular flexibility index (Phi) is 7.84. The van der Waals surface area contributed by atoms with E-state index in [0.717, 1.165) is 0 Å². The summed E-state index contributed by atoms with van der Waals surface area (Å²) in [6, 6.07) is 9.67. The van der Waals surface area contributed by atoms with Crippen molar-refractivity contribution in [3.63, 3.8) is 0 Å². The van der Waals surface area contributed by atoms with Crippen LogP contribution in [0.1, 0.15) is 37.0 Å². The smallest absolute Gasteiger partial charge is 0.311 e. The minimum atomic E-state index is -3.72. The van der Waals surface area contributed by atoms with E-state index in [1.165, 1.54) is 53.7 Å². The summed E-state index contributed by atoms with van der Waals surface area (Å²) in [6.07, 6.45) is 0.794. The lowest BCUT2D eigenvalue weighted by molar-refractivity contribution is -0.385. The van der Waals surface area contributed by atoms with Crippen LogP contribution in [0.15, 0.2) is 47.4 Å². The Morgan fingerprint density at radius 2 is 1.79 bits per heavy atom. The van der Waals surface area contributed by atoms with Gasteiger partial charge in [-0.2, -0.15) is 4.31 Å². The number of hydrogen-bond acceptors (Lipinski definition) is 7. The molecule has 0 aromatic heterocycles. The molecule has 1 aliphatic rings. The van der Waals surface area contributed by atoms with Crippen LogP contribution in [0.5, 0.6) is 5.75 Å². The molecule has 2 N–H and O–H groups in total. The normalized spacial score (nSPS) is 14.9. The number of sulfonamides is 1. The summed E-state index contributed by atoms with van der Waals surface area (Å²) in [4.78, 5) is 34.6. The molecule has 1 aliphatic heterocycles. The van der Waals surface area contributed by atoms with Crippen LogP contribution < -0.4 is 15.4 Å². The van der Waals surface area contributed by atoms with Crippen LogP contribution in [-0.4, -0.2) is 55.2 Å². The standard InChI is InChI=1S/C22H26N4O7S/c1-3-33-21-9-4-16(14-20(21)26(29)30)22(28)24-18-10-12-25(13-11-18)34(31,32)19-7-5-17(6-8-19)23-15(2)27/h4-9,14,18H,3,10-13H2,1-2H3,(H,23,27)(H,24,28). The molecule has 1 heterocycles. The van der Waals surface area contributed by atoms with Crippen LogP contribution in [0.3, 0.4) is 0 Å². The van der Waals surface area contributed by atoms with E-state index in [1.807, 2.05) is 0 Å². The number of piperidine rings is 1. The Morgan fingerprint density at radius 3 is 2.35 bits per heavy atom. The van der Waals surface area contributed by atoms with Gasteiger partial charge in [-0.05, 0) is 56.2 Å². The molecule has 2 aromatic rings. The maximum absolute atomic E-state index is 12.9. The van der Waals surface area contributed by atoms with Crippen LogP contribution in [0, 0.1) is 10.1 Å². The number of anilines is 1. The SMILES string of the molecule is CCOc1ccc(C(=O)NC2CCN(S(=O)(=O)c3ccc(NC(C)=O)cc3)CC2)cc1[N+](=O)[O-]. The molecular weight excluding hydrogens is 464 g/mol. The second-order valence-electron chi connectivity index (χ2n) is 7.73. The number of benzene rings is 2. The molecule has 2 aromatic carbocycles. The number of carbonyl (C=O) groups is 2. The Labute approximate surface area is 197 Å². The van der Waals surface area contributed by atoms with Gasteiger partial charge in [0.15, 0.2) is 5.75 Å². The van der Waals surface area contributed by atoms with Crippen molar-refractivity contribution < 1.29 is 27.7 Å². The highest BCUT2D eigenvalue weighted by molar-refractivity contribution is 7.89. The number of nitrogens with zero attached hydrogens (tertiary/aromatic N) is 2. The maximum atomic E-state index is 12.9. The van der Waals surface area contributed by atoms with Crippen LogP contribution in [-0.2, 0) is 14.8 Å². The molecule has 2 amide bonds. The quantitative estimate of drug-likeness (QED) is 0.427. The second-order valence-corrected chi connectivity index (χ2v) is 9.67. The maximum Gasteiger partial charge on any atom is 0.311 e. The lowest BCUT2D eigenvalue weighted by Gasteiger charge is -2.31. The molecule has 182 valence electrons. The van der Waals surface area contributed by atoms with Crippen molar-refractivity contribution in [1.29, 1.82) is 0 Å². The molecular formula is C22H26N4O7S. The highest BCUT2D eigenvalue weighted by atomic mass is 32.2. The highest BCUT2D eigenvalue weighted by Gasteiger charge is 2.30. The van der Waals surface area contributed by atoms with Gasteiger partial charge in [0.2, 0.25) is 15.9 Å². The van der Waals surface area contributed by atoms with Gasteiger partial charge >= 0.3 is 5.69 Å². The number of nitrogens with one attached hydrogen (secondary N) is 2. The van der Waals surface area contributed by atoms with E-state index in [9.17, 15) is 28.1 Å². The topological polar surface area (TPSA) is 148 Å². The van der Waals surface area contributed by atoms with E-state index >= 15 is 0 Å². The van der Waals surface area contributed by atoms with Crippen LogP contribution in [0.4, 0.5) is 11.4 Å². The lowest BCUT2D eigenvalue weighted by atomic mass is 10.1. The molecule has 0 saturated carbocycles. The van der Waals surface area contributed by atoms with Crippen molar-refractivity contribution in [2.75, 3.05) is 25.0 Å². The number of ether oxygens (including phenoxy) is 1. The summed E-state index contributed by atoms with van der Waals surface area (Å²) in [5.41, 5.74) is 0.340.